The molecule has 0 aliphatic heterocycles. The zero-order chi connectivity index (χ0) is 18.4. The predicted molar refractivity (Wildman–Crippen MR) is 92.9 cm³/mol. The van der Waals surface area contributed by atoms with Crippen LogP contribution in [0.25, 0.3) is 0 Å². The van der Waals surface area contributed by atoms with Crippen LogP contribution in [0, 0.1) is 5.82 Å². The molecular formula is C17H15Cl2FN2O3. The van der Waals surface area contributed by atoms with E-state index in [2.05, 4.69) is 10.9 Å². The van der Waals surface area contributed by atoms with Crippen molar-refractivity contribution in [1.29, 1.82) is 0 Å². The Morgan fingerprint density at radius 3 is 2.36 bits per heavy atom. The van der Waals surface area contributed by atoms with Crippen LogP contribution in [-0.2, 0) is 16.0 Å². The minimum Gasteiger partial charge on any atom is -0.478 e. The van der Waals surface area contributed by atoms with E-state index in [1.165, 1.54) is 25.1 Å². The van der Waals surface area contributed by atoms with Gasteiger partial charge < -0.3 is 4.74 Å². The fourth-order valence-corrected chi connectivity index (χ4v) is 2.45. The van der Waals surface area contributed by atoms with Gasteiger partial charge in [-0.2, -0.15) is 0 Å². The van der Waals surface area contributed by atoms with Gasteiger partial charge in [0.2, 0.25) is 5.91 Å². The van der Waals surface area contributed by atoms with Crippen LogP contribution < -0.4 is 15.6 Å². The average Bonchev–Trinajstić information content (AvgIpc) is 2.58. The van der Waals surface area contributed by atoms with E-state index < -0.39 is 23.7 Å². The minimum absolute atomic E-state index is 0.0562. The van der Waals surface area contributed by atoms with E-state index >= 15 is 0 Å². The van der Waals surface area contributed by atoms with Crippen molar-refractivity contribution in [1.82, 2.24) is 10.9 Å². The number of carbonyl (C=O) groups excluding carboxylic acids is 2. The molecule has 0 saturated heterocycles. The van der Waals surface area contributed by atoms with Crippen molar-refractivity contribution in [2.24, 2.45) is 0 Å². The van der Waals surface area contributed by atoms with Crippen LogP contribution in [0.1, 0.15) is 12.5 Å². The molecule has 0 radical (unpaired) electrons. The number of rotatable bonds is 5. The molecular weight excluding hydrogens is 370 g/mol. The number of nitrogens with one attached hydrogen (secondary N) is 2. The highest BCUT2D eigenvalue weighted by Crippen LogP contribution is 2.24. The molecule has 2 aromatic carbocycles. The summed E-state index contributed by atoms with van der Waals surface area (Å²) in [7, 11) is 0. The summed E-state index contributed by atoms with van der Waals surface area (Å²) in [6.45, 7) is 1.43. The fraction of sp³-hybridized carbons (Fsp3) is 0.176. The van der Waals surface area contributed by atoms with Crippen molar-refractivity contribution in [2.75, 3.05) is 0 Å². The Morgan fingerprint density at radius 1 is 1.08 bits per heavy atom. The van der Waals surface area contributed by atoms with Gasteiger partial charge in [-0.15, -0.1) is 0 Å². The summed E-state index contributed by atoms with van der Waals surface area (Å²) in [6, 6.07) is 10.6. The van der Waals surface area contributed by atoms with Gasteiger partial charge in [-0.05, 0) is 36.8 Å². The Bertz CT molecular complexity index is 766. The maximum absolute atomic E-state index is 13.5. The molecule has 1 unspecified atom stereocenters. The molecule has 0 aromatic heterocycles. The lowest BCUT2D eigenvalue weighted by molar-refractivity contribution is -0.132. The summed E-state index contributed by atoms with van der Waals surface area (Å²) >= 11 is 12.0. The third-order valence-corrected chi connectivity index (χ3v) is 3.94. The average molecular weight is 385 g/mol. The molecule has 0 heterocycles. The van der Waals surface area contributed by atoms with E-state index in [0.29, 0.717) is 15.6 Å². The summed E-state index contributed by atoms with van der Waals surface area (Å²) in [5, 5.41) is 0.704. The fourth-order valence-electron chi connectivity index (χ4n) is 1.92. The lowest BCUT2D eigenvalue weighted by Gasteiger charge is -2.15. The van der Waals surface area contributed by atoms with E-state index in [-0.39, 0.29) is 12.2 Å². The van der Waals surface area contributed by atoms with Crippen molar-refractivity contribution in [3.8, 4) is 5.75 Å². The molecule has 2 N–H and O–H groups in total. The second-order valence-electron chi connectivity index (χ2n) is 5.10. The van der Waals surface area contributed by atoms with Crippen LogP contribution >= 0.6 is 23.2 Å². The topological polar surface area (TPSA) is 67.4 Å². The number of benzene rings is 2. The quantitative estimate of drug-likeness (QED) is 0.777. The second kappa shape index (κ2) is 8.69. The molecule has 25 heavy (non-hydrogen) atoms. The zero-order valence-corrected chi connectivity index (χ0v) is 14.7. The largest absolute Gasteiger partial charge is 0.478 e. The Balaban J connectivity index is 1.87. The lowest BCUT2D eigenvalue weighted by Crippen LogP contribution is -2.47. The first kappa shape index (κ1) is 19.0. The van der Waals surface area contributed by atoms with Crippen molar-refractivity contribution in [3.05, 3.63) is 63.9 Å². The molecule has 2 amide bonds. The summed E-state index contributed by atoms with van der Waals surface area (Å²) in [5.41, 5.74) is 4.90. The molecule has 132 valence electrons. The Kier molecular flexibility index (Phi) is 6.61. The highest BCUT2D eigenvalue weighted by Gasteiger charge is 2.17. The molecule has 0 saturated carbocycles. The molecule has 0 bridgehead atoms. The molecule has 0 aliphatic carbocycles. The van der Waals surface area contributed by atoms with E-state index in [0.717, 1.165) is 0 Å². The Hall–Kier alpha value is -2.31. The maximum Gasteiger partial charge on any atom is 0.279 e. The van der Waals surface area contributed by atoms with Gasteiger partial charge in [-0.25, -0.2) is 4.39 Å². The number of amides is 2. The number of hydrogen-bond donors (Lipinski definition) is 2. The first-order valence-electron chi connectivity index (χ1n) is 7.31. The van der Waals surface area contributed by atoms with Crippen LogP contribution in [0.15, 0.2) is 42.5 Å². The van der Waals surface area contributed by atoms with Crippen LogP contribution in [0.3, 0.4) is 0 Å². The minimum atomic E-state index is -1.01. The van der Waals surface area contributed by atoms with E-state index in [1.807, 2.05) is 0 Å². The van der Waals surface area contributed by atoms with E-state index in [9.17, 15) is 14.0 Å². The molecule has 8 heteroatoms. The number of ether oxygens (including phenoxy) is 1. The van der Waals surface area contributed by atoms with Crippen molar-refractivity contribution in [3.63, 3.8) is 0 Å². The summed E-state index contributed by atoms with van der Waals surface area (Å²) in [5.74, 6) is -1.79. The predicted octanol–water partition coefficient (Wildman–Crippen LogP) is 3.29. The van der Waals surface area contributed by atoms with Crippen LogP contribution in [0.5, 0.6) is 5.75 Å². The van der Waals surface area contributed by atoms with Gasteiger partial charge in [0, 0.05) is 10.0 Å². The smallest absolute Gasteiger partial charge is 0.279 e. The Labute approximate surface area is 154 Å². The molecule has 0 fully saturated rings. The van der Waals surface area contributed by atoms with Crippen LogP contribution in [0.4, 0.5) is 4.39 Å². The highest BCUT2D eigenvalue weighted by atomic mass is 35.5. The number of hydrazine groups is 1. The number of carbonyl (C=O) groups is 2. The monoisotopic (exact) mass is 384 g/mol. The number of hydrogen-bond acceptors (Lipinski definition) is 3. The van der Waals surface area contributed by atoms with Gasteiger partial charge in [0.25, 0.3) is 5.91 Å². The van der Waals surface area contributed by atoms with Gasteiger partial charge in [-0.1, -0.05) is 41.4 Å². The van der Waals surface area contributed by atoms with Crippen LogP contribution in [-0.4, -0.2) is 17.9 Å². The van der Waals surface area contributed by atoms with E-state index in [1.54, 1.807) is 24.3 Å². The summed E-state index contributed by atoms with van der Waals surface area (Å²) in [4.78, 5) is 23.8. The van der Waals surface area contributed by atoms with E-state index in [4.69, 9.17) is 27.9 Å². The first-order valence-corrected chi connectivity index (χ1v) is 8.07. The van der Waals surface area contributed by atoms with Crippen molar-refractivity contribution >= 4 is 35.0 Å². The molecule has 5 nitrogen and oxygen atoms in total. The van der Waals surface area contributed by atoms with Gasteiger partial charge >= 0.3 is 0 Å². The zero-order valence-electron chi connectivity index (χ0n) is 13.2. The van der Waals surface area contributed by atoms with Gasteiger partial charge in [-0.3, -0.25) is 20.4 Å². The number of halogens is 3. The molecule has 1 atom stereocenters. The van der Waals surface area contributed by atoms with Crippen molar-refractivity contribution in [2.45, 2.75) is 19.4 Å². The SMILES string of the molecule is CC(Oc1ccccc1F)C(=O)NNC(=O)Cc1c(Cl)cccc1Cl. The molecule has 0 spiro atoms. The summed E-state index contributed by atoms with van der Waals surface area (Å²) < 4.78 is 18.7. The van der Waals surface area contributed by atoms with Crippen LogP contribution in [0.2, 0.25) is 10.0 Å². The van der Waals surface area contributed by atoms with Crippen molar-refractivity contribution < 1.29 is 18.7 Å². The first-order chi connectivity index (χ1) is 11.9. The maximum atomic E-state index is 13.5. The highest BCUT2D eigenvalue weighted by molar-refractivity contribution is 6.36. The third kappa shape index (κ3) is 5.34. The molecule has 0 aliphatic rings. The third-order valence-electron chi connectivity index (χ3n) is 3.23. The standard InChI is InChI=1S/C17H15Cl2FN2O3/c1-10(25-15-8-3-2-7-14(15)20)17(24)22-21-16(23)9-11-12(18)5-4-6-13(11)19/h2-8,10H,9H2,1H3,(H,21,23)(H,22,24). The summed E-state index contributed by atoms with van der Waals surface area (Å²) in [6.07, 6.45) is -1.12. The normalized spacial score (nSPS) is 11.5. The molecule has 2 rings (SSSR count). The Morgan fingerprint density at radius 2 is 1.72 bits per heavy atom. The number of para-hydroxylation sites is 1. The second-order valence-corrected chi connectivity index (χ2v) is 5.92. The van der Waals surface area contributed by atoms with Gasteiger partial charge in [0.05, 0.1) is 6.42 Å². The lowest BCUT2D eigenvalue weighted by atomic mass is 10.1. The van der Waals surface area contributed by atoms with Gasteiger partial charge in [0.1, 0.15) is 0 Å². The van der Waals surface area contributed by atoms with Gasteiger partial charge in [0.15, 0.2) is 17.7 Å². The molecule has 2 aromatic rings.